The molecule has 1 aromatic carbocycles. The fourth-order valence-electron chi connectivity index (χ4n) is 3.14. The van der Waals surface area contributed by atoms with Crippen LogP contribution in [0.2, 0.25) is 0 Å². The number of anilines is 1. The first-order valence-electron chi connectivity index (χ1n) is 9.36. The average molecular weight is 406 g/mol. The van der Waals surface area contributed by atoms with Crippen molar-refractivity contribution in [2.24, 2.45) is 0 Å². The van der Waals surface area contributed by atoms with E-state index in [-0.39, 0.29) is 12.3 Å². The standard InChI is InChI=1S/C20H18N6O2S/c1-12-16(22-20(28-12)17-6-3-9-29-17)11-18(27)21-14-5-2-4-13(10-14)19-23-24-25-26(19)15-7-8-15/h2-6,9-10,15H,7-8,11H2,1H3,(H,21,27). The molecule has 5 rings (SSSR count). The zero-order chi connectivity index (χ0) is 19.8. The molecule has 0 atom stereocenters. The van der Waals surface area contributed by atoms with Crippen LogP contribution in [-0.4, -0.2) is 31.1 Å². The molecule has 3 aromatic heterocycles. The van der Waals surface area contributed by atoms with Gasteiger partial charge in [-0.2, -0.15) is 0 Å². The Bertz CT molecular complexity index is 1160. The van der Waals surface area contributed by atoms with Gasteiger partial charge in [-0.05, 0) is 53.8 Å². The van der Waals surface area contributed by atoms with Crippen molar-refractivity contribution in [1.82, 2.24) is 25.2 Å². The van der Waals surface area contributed by atoms with Gasteiger partial charge in [-0.3, -0.25) is 4.79 Å². The number of rotatable bonds is 6. The van der Waals surface area contributed by atoms with Gasteiger partial charge in [0.1, 0.15) is 5.76 Å². The van der Waals surface area contributed by atoms with Crippen LogP contribution in [0, 0.1) is 6.92 Å². The summed E-state index contributed by atoms with van der Waals surface area (Å²) in [7, 11) is 0. The predicted molar refractivity (Wildman–Crippen MR) is 108 cm³/mol. The topological polar surface area (TPSA) is 98.7 Å². The number of nitrogens with zero attached hydrogens (tertiary/aromatic N) is 5. The normalized spacial score (nSPS) is 13.6. The van der Waals surface area contributed by atoms with E-state index >= 15 is 0 Å². The molecule has 1 N–H and O–H groups in total. The summed E-state index contributed by atoms with van der Waals surface area (Å²) >= 11 is 1.55. The van der Waals surface area contributed by atoms with Gasteiger partial charge < -0.3 is 9.73 Å². The van der Waals surface area contributed by atoms with Crippen molar-refractivity contribution in [3.05, 3.63) is 53.2 Å². The molecule has 0 spiro atoms. The Labute approximate surface area is 170 Å². The maximum Gasteiger partial charge on any atom is 0.236 e. The first-order valence-corrected chi connectivity index (χ1v) is 10.2. The van der Waals surface area contributed by atoms with Gasteiger partial charge in [0.25, 0.3) is 0 Å². The number of hydrogen-bond donors (Lipinski definition) is 1. The molecule has 0 saturated heterocycles. The molecule has 1 amide bonds. The molecule has 9 heteroatoms. The van der Waals surface area contributed by atoms with Gasteiger partial charge in [-0.15, -0.1) is 16.4 Å². The third kappa shape index (κ3) is 3.68. The van der Waals surface area contributed by atoms with Gasteiger partial charge in [-0.25, -0.2) is 9.67 Å². The van der Waals surface area contributed by atoms with Crippen LogP contribution >= 0.6 is 11.3 Å². The van der Waals surface area contributed by atoms with Crippen LogP contribution in [0.25, 0.3) is 22.2 Å². The number of nitrogens with one attached hydrogen (secondary N) is 1. The molecule has 0 radical (unpaired) electrons. The molecular formula is C20H18N6O2S. The Morgan fingerprint density at radius 1 is 1.31 bits per heavy atom. The number of aryl methyl sites for hydroxylation is 1. The number of amides is 1. The lowest BCUT2D eigenvalue weighted by atomic mass is 10.1. The predicted octanol–water partition coefficient (Wildman–Crippen LogP) is 3.88. The van der Waals surface area contributed by atoms with Gasteiger partial charge in [0.2, 0.25) is 11.8 Å². The summed E-state index contributed by atoms with van der Waals surface area (Å²) < 4.78 is 7.57. The largest absolute Gasteiger partial charge is 0.440 e. The van der Waals surface area contributed by atoms with Crippen LogP contribution < -0.4 is 5.32 Å². The fraction of sp³-hybridized carbons (Fsp3) is 0.250. The molecule has 4 aromatic rings. The number of carbonyl (C=O) groups excluding carboxylic acids is 1. The van der Waals surface area contributed by atoms with Crippen LogP contribution in [0.3, 0.4) is 0 Å². The van der Waals surface area contributed by atoms with E-state index in [1.54, 1.807) is 11.3 Å². The van der Waals surface area contributed by atoms with E-state index in [0.717, 1.165) is 29.1 Å². The average Bonchev–Trinajstić information content (AvgIpc) is 3.11. The minimum atomic E-state index is -0.155. The second-order valence-corrected chi connectivity index (χ2v) is 7.93. The Morgan fingerprint density at radius 3 is 3.00 bits per heavy atom. The monoisotopic (exact) mass is 406 g/mol. The quantitative estimate of drug-likeness (QED) is 0.522. The first kappa shape index (κ1) is 17.7. The summed E-state index contributed by atoms with van der Waals surface area (Å²) in [4.78, 5) is 18.0. The number of tetrazole rings is 1. The lowest BCUT2D eigenvalue weighted by Gasteiger charge is -2.07. The van der Waals surface area contributed by atoms with Crippen LogP contribution in [0.15, 0.2) is 46.2 Å². The molecule has 0 aliphatic heterocycles. The molecule has 146 valence electrons. The minimum absolute atomic E-state index is 0.144. The van der Waals surface area contributed by atoms with Crippen molar-refractivity contribution in [3.8, 4) is 22.2 Å². The minimum Gasteiger partial charge on any atom is -0.440 e. The number of carbonyl (C=O) groups is 1. The van der Waals surface area contributed by atoms with Crippen molar-refractivity contribution >= 4 is 22.9 Å². The van der Waals surface area contributed by atoms with E-state index in [1.165, 1.54) is 0 Å². The second kappa shape index (κ2) is 7.25. The van der Waals surface area contributed by atoms with Crippen LogP contribution in [0.5, 0.6) is 0 Å². The molecule has 29 heavy (non-hydrogen) atoms. The Balaban J connectivity index is 1.31. The van der Waals surface area contributed by atoms with Gasteiger partial charge in [-0.1, -0.05) is 18.2 Å². The molecule has 3 heterocycles. The number of hydrogen-bond acceptors (Lipinski definition) is 7. The summed E-state index contributed by atoms with van der Waals surface area (Å²) in [5.41, 5.74) is 2.20. The maximum absolute atomic E-state index is 12.6. The van der Waals surface area contributed by atoms with Crippen LogP contribution in [-0.2, 0) is 11.2 Å². The number of benzene rings is 1. The SMILES string of the molecule is Cc1oc(-c2cccs2)nc1CC(=O)Nc1cccc(-c2nnnn2C2CC2)c1. The molecule has 8 nitrogen and oxygen atoms in total. The molecule has 1 aliphatic rings. The molecule has 1 fully saturated rings. The van der Waals surface area contributed by atoms with Crippen LogP contribution in [0.4, 0.5) is 5.69 Å². The highest BCUT2D eigenvalue weighted by atomic mass is 32.1. The van der Waals surface area contributed by atoms with Crippen molar-refractivity contribution in [2.45, 2.75) is 32.2 Å². The highest BCUT2D eigenvalue weighted by Gasteiger charge is 2.28. The van der Waals surface area contributed by atoms with Crippen LogP contribution in [0.1, 0.15) is 30.3 Å². The van der Waals surface area contributed by atoms with Crippen molar-refractivity contribution in [1.29, 1.82) is 0 Å². The van der Waals surface area contributed by atoms with Gasteiger partial charge in [0.15, 0.2) is 5.82 Å². The van der Waals surface area contributed by atoms with E-state index in [4.69, 9.17) is 4.42 Å². The molecule has 1 aliphatic carbocycles. The summed E-state index contributed by atoms with van der Waals surface area (Å²) in [5.74, 6) is 1.77. The zero-order valence-corrected chi connectivity index (χ0v) is 16.5. The first-order chi connectivity index (χ1) is 14.2. The van der Waals surface area contributed by atoms with E-state index < -0.39 is 0 Å². The smallest absolute Gasteiger partial charge is 0.236 e. The summed E-state index contributed by atoms with van der Waals surface area (Å²) in [6.07, 6.45) is 2.34. The number of thiophene rings is 1. The van der Waals surface area contributed by atoms with E-state index in [1.807, 2.05) is 53.4 Å². The lowest BCUT2D eigenvalue weighted by Crippen LogP contribution is -2.15. The number of oxazole rings is 1. The van der Waals surface area contributed by atoms with E-state index in [0.29, 0.717) is 29.1 Å². The highest BCUT2D eigenvalue weighted by molar-refractivity contribution is 7.13. The Morgan fingerprint density at radius 2 is 2.21 bits per heavy atom. The maximum atomic E-state index is 12.6. The lowest BCUT2D eigenvalue weighted by molar-refractivity contribution is -0.115. The summed E-state index contributed by atoms with van der Waals surface area (Å²) in [5, 5.41) is 16.9. The molecule has 0 unspecified atom stereocenters. The van der Waals surface area contributed by atoms with Crippen molar-refractivity contribution in [3.63, 3.8) is 0 Å². The Hall–Kier alpha value is -3.33. The van der Waals surface area contributed by atoms with E-state index in [2.05, 4.69) is 25.8 Å². The summed E-state index contributed by atoms with van der Waals surface area (Å²) in [6, 6.07) is 11.8. The molecular weight excluding hydrogens is 388 g/mol. The molecule has 0 bridgehead atoms. The third-order valence-electron chi connectivity index (χ3n) is 4.74. The summed E-state index contributed by atoms with van der Waals surface area (Å²) in [6.45, 7) is 1.82. The molecule has 1 saturated carbocycles. The van der Waals surface area contributed by atoms with Crippen molar-refractivity contribution < 1.29 is 9.21 Å². The van der Waals surface area contributed by atoms with Gasteiger partial charge in [0, 0.05) is 11.3 Å². The van der Waals surface area contributed by atoms with Crippen molar-refractivity contribution in [2.75, 3.05) is 5.32 Å². The zero-order valence-electron chi connectivity index (χ0n) is 15.7. The fourth-order valence-corrected chi connectivity index (χ4v) is 3.79. The van der Waals surface area contributed by atoms with Gasteiger partial charge >= 0.3 is 0 Å². The van der Waals surface area contributed by atoms with E-state index in [9.17, 15) is 4.79 Å². The number of aromatic nitrogens is 5. The Kier molecular flexibility index (Phi) is 4.44. The van der Waals surface area contributed by atoms with Gasteiger partial charge in [0.05, 0.1) is 23.0 Å². The second-order valence-electron chi connectivity index (χ2n) is 6.98. The highest BCUT2D eigenvalue weighted by Crippen LogP contribution is 2.36. The third-order valence-corrected chi connectivity index (χ3v) is 5.60.